The van der Waals surface area contributed by atoms with E-state index in [4.69, 9.17) is 4.74 Å². The van der Waals surface area contributed by atoms with Gasteiger partial charge < -0.3 is 15.4 Å². The van der Waals surface area contributed by atoms with Crippen LogP contribution in [0.3, 0.4) is 0 Å². The number of anilines is 1. The molecule has 0 bridgehead atoms. The predicted molar refractivity (Wildman–Crippen MR) is 132 cm³/mol. The van der Waals surface area contributed by atoms with Crippen molar-refractivity contribution in [1.82, 2.24) is 10.3 Å². The molecule has 7 heteroatoms. The van der Waals surface area contributed by atoms with Crippen molar-refractivity contribution in [3.63, 3.8) is 0 Å². The van der Waals surface area contributed by atoms with Gasteiger partial charge in [0.05, 0.1) is 0 Å². The summed E-state index contributed by atoms with van der Waals surface area (Å²) in [6.07, 6.45) is 3.00. The molecule has 3 rings (SSSR count). The molecule has 0 fully saturated rings. The van der Waals surface area contributed by atoms with E-state index in [2.05, 4.69) is 27.8 Å². The Morgan fingerprint density at radius 2 is 1.67 bits per heavy atom. The van der Waals surface area contributed by atoms with Crippen LogP contribution in [0.15, 0.2) is 84.0 Å². The lowest BCUT2D eigenvalue weighted by molar-refractivity contribution is -0.118. The molecule has 6 nitrogen and oxygen atoms in total. The van der Waals surface area contributed by atoms with Crippen molar-refractivity contribution in [2.24, 2.45) is 0 Å². The third-order valence-corrected chi connectivity index (χ3v) is 5.62. The molecule has 1 aromatic heterocycles. The minimum atomic E-state index is -0.809. The molecule has 172 valence electrons. The molecule has 2 amide bonds. The molecule has 1 atom stereocenters. The van der Waals surface area contributed by atoms with Gasteiger partial charge in [0.25, 0.3) is 0 Å². The second-order valence-corrected chi connectivity index (χ2v) is 9.60. The van der Waals surface area contributed by atoms with Crippen LogP contribution in [-0.4, -0.2) is 28.6 Å². The second kappa shape index (κ2) is 11.5. The molecule has 0 saturated heterocycles. The SMILES string of the molecule is CC(C)(C)OC(=O)NC(Cc1cccnc1)C(=O)Nc1ccc(SCc2ccccc2)cc1. The number of nitrogens with one attached hydrogen (secondary N) is 2. The van der Waals surface area contributed by atoms with E-state index in [1.807, 2.05) is 48.5 Å². The summed E-state index contributed by atoms with van der Waals surface area (Å²) in [7, 11) is 0. The maximum absolute atomic E-state index is 13.0. The van der Waals surface area contributed by atoms with E-state index in [1.165, 1.54) is 5.56 Å². The molecule has 1 heterocycles. The third kappa shape index (κ3) is 8.61. The molecule has 2 N–H and O–H groups in total. The summed E-state index contributed by atoms with van der Waals surface area (Å²) in [6, 6.07) is 20.8. The van der Waals surface area contributed by atoms with Gasteiger partial charge in [-0.2, -0.15) is 0 Å². The number of aromatic nitrogens is 1. The highest BCUT2D eigenvalue weighted by Crippen LogP contribution is 2.24. The number of benzene rings is 2. The molecule has 0 spiro atoms. The Balaban J connectivity index is 1.63. The lowest BCUT2D eigenvalue weighted by Gasteiger charge is -2.23. The van der Waals surface area contributed by atoms with Crippen molar-refractivity contribution in [2.45, 2.75) is 49.5 Å². The van der Waals surface area contributed by atoms with Gasteiger partial charge in [0.2, 0.25) is 5.91 Å². The van der Waals surface area contributed by atoms with Crippen molar-refractivity contribution in [3.05, 3.63) is 90.3 Å². The molecule has 0 aliphatic carbocycles. The van der Waals surface area contributed by atoms with Gasteiger partial charge in [-0.15, -0.1) is 11.8 Å². The van der Waals surface area contributed by atoms with Crippen LogP contribution in [0.1, 0.15) is 31.9 Å². The van der Waals surface area contributed by atoms with E-state index in [-0.39, 0.29) is 5.91 Å². The van der Waals surface area contributed by atoms with E-state index < -0.39 is 17.7 Å². The lowest BCUT2D eigenvalue weighted by atomic mass is 10.1. The Bertz CT molecular complexity index is 1040. The number of hydrogen-bond donors (Lipinski definition) is 2. The monoisotopic (exact) mass is 463 g/mol. The van der Waals surface area contributed by atoms with Crippen molar-refractivity contribution in [2.75, 3.05) is 5.32 Å². The first kappa shape index (κ1) is 24.3. The molecule has 2 aromatic carbocycles. The molecule has 0 radical (unpaired) electrons. The molecule has 0 aliphatic heterocycles. The van der Waals surface area contributed by atoms with E-state index in [1.54, 1.807) is 51.0 Å². The molecule has 1 unspecified atom stereocenters. The van der Waals surface area contributed by atoms with Crippen molar-refractivity contribution < 1.29 is 14.3 Å². The zero-order valence-electron chi connectivity index (χ0n) is 19.1. The van der Waals surface area contributed by atoms with Gasteiger partial charge in [0.15, 0.2) is 0 Å². The van der Waals surface area contributed by atoms with Crippen LogP contribution < -0.4 is 10.6 Å². The Kier molecular flexibility index (Phi) is 8.49. The average Bonchev–Trinajstić information content (AvgIpc) is 2.78. The molecular formula is C26H29N3O3S. The average molecular weight is 464 g/mol. The number of rotatable bonds is 8. The van der Waals surface area contributed by atoms with Gasteiger partial charge in [-0.25, -0.2) is 4.79 Å². The highest BCUT2D eigenvalue weighted by molar-refractivity contribution is 7.98. The number of hydrogen-bond acceptors (Lipinski definition) is 5. The lowest BCUT2D eigenvalue weighted by Crippen LogP contribution is -2.47. The van der Waals surface area contributed by atoms with Gasteiger partial charge in [0, 0.05) is 35.2 Å². The normalized spacial score (nSPS) is 12.0. The van der Waals surface area contributed by atoms with Crippen LogP contribution in [0.5, 0.6) is 0 Å². The Morgan fingerprint density at radius 3 is 2.30 bits per heavy atom. The highest BCUT2D eigenvalue weighted by atomic mass is 32.2. The number of thioether (sulfide) groups is 1. The fraction of sp³-hybridized carbons (Fsp3) is 0.269. The highest BCUT2D eigenvalue weighted by Gasteiger charge is 2.25. The van der Waals surface area contributed by atoms with Crippen LogP contribution in [0.2, 0.25) is 0 Å². The standard InChI is InChI=1S/C26H29N3O3S/c1-26(2,3)32-25(31)29-23(16-20-10-7-15-27-17-20)24(30)28-21-11-13-22(14-12-21)33-18-19-8-5-4-6-9-19/h4-15,17,23H,16,18H2,1-3H3,(H,28,30)(H,29,31). The minimum Gasteiger partial charge on any atom is -0.444 e. The van der Waals surface area contributed by atoms with E-state index >= 15 is 0 Å². The molecule has 33 heavy (non-hydrogen) atoms. The number of amides is 2. The smallest absolute Gasteiger partial charge is 0.408 e. The first-order valence-corrected chi connectivity index (χ1v) is 11.7. The minimum absolute atomic E-state index is 0.296. The second-order valence-electron chi connectivity index (χ2n) is 8.55. The number of nitrogens with zero attached hydrogens (tertiary/aromatic N) is 1. The molecule has 3 aromatic rings. The number of ether oxygens (including phenoxy) is 1. The van der Waals surface area contributed by atoms with Crippen LogP contribution in [0.4, 0.5) is 10.5 Å². The first-order chi connectivity index (χ1) is 15.8. The Hall–Kier alpha value is -3.32. The number of carbonyl (C=O) groups excluding carboxylic acids is 2. The maximum atomic E-state index is 13.0. The van der Waals surface area contributed by atoms with Crippen molar-refractivity contribution >= 4 is 29.4 Å². The maximum Gasteiger partial charge on any atom is 0.408 e. The van der Waals surface area contributed by atoms with Crippen LogP contribution >= 0.6 is 11.8 Å². The Labute approximate surface area is 199 Å². The zero-order valence-corrected chi connectivity index (χ0v) is 19.9. The van der Waals surface area contributed by atoms with Gasteiger partial charge in [0.1, 0.15) is 11.6 Å². The Morgan fingerprint density at radius 1 is 0.970 bits per heavy atom. The van der Waals surface area contributed by atoms with Gasteiger partial charge in [-0.1, -0.05) is 36.4 Å². The summed E-state index contributed by atoms with van der Waals surface area (Å²) in [5, 5.41) is 5.58. The molecule has 0 aliphatic rings. The van der Waals surface area contributed by atoms with E-state index in [0.717, 1.165) is 16.2 Å². The molecule has 0 saturated carbocycles. The van der Waals surface area contributed by atoms with Crippen LogP contribution in [-0.2, 0) is 21.7 Å². The number of carbonyl (C=O) groups is 2. The van der Waals surface area contributed by atoms with E-state index in [0.29, 0.717) is 12.1 Å². The van der Waals surface area contributed by atoms with Gasteiger partial charge >= 0.3 is 6.09 Å². The summed E-state index contributed by atoms with van der Waals surface area (Å²) < 4.78 is 5.34. The fourth-order valence-electron chi connectivity index (χ4n) is 3.02. The zero-order chi connectivity index (χ0) is 23.7. The summed E-state index contributed by atoms with van der Waals surface area (Å²) in [6.45, 7) is 5.33. The van der Waals surface area contributed by atoms with Crippen LogP contribution in [0, 0.1) is 0 Å². The first-order valence-electron chi connectivity index (χ1n) is 10.7. The predicted octanol–water partition coefficient (Wildman–Crippen LogP) is 5.45. The summed E-state index contributed by atoms with van der Waals surface area (Å²) >= 11 is 1.73. The molecular weight excluding hydrogens is 434 g/mol. The van der Waals surface area contributed by atoms with Gasteiger partial charge in [-0.05, 0) is 62.2 Å². The summed E-state index contributed by atoms with van der Waals surface area (Å²) in [4.78, 5) is 30.5. The number of pyridine rings is 1. The van der Waals surface area contributed by atoms with Crippen molar-refractivity contribution in [3.8, 4) is 0 Å². The largest absolute Gasteiger partial charge is 0.444 e. The van der Waals surface area contributed by atoms with Crippen LogP contribution in [0.25, 0.3) is 0 Å². The fourth-order valence-corrected chi connectivity index (χ4v) is 3.87. The third-order valence-electron chi connectivity index (χ3n) is 4.54. The summed E-state index contributed by atoms with van der Waals surface area (Å²) in [5.74, 6) is 0.550. The summed E-state index contributed by atoms with van der Waals surface area (Å²) in [5.41, 5.74) is 2.09. The van der Waals surface area contributed by atoms with Gasteiger partial charge in [-0.3, -0.25) is 9.78 Å². The quantitative estimate of drug-likeness (QED) is 0.434. The van der Waals surface area contributed by atoms with Crippen molar-refractivity contribution in [1.29, 1.82) is 0 Å². The van der Waals surface area contributed by atoms with E-state index in [9.17, 15) is 9.59 Å². The number of alkyl carbamates (subject to hydrolysis) is 1. The topological polar surface area (TPSA) is 80.3 Å².